The van der Waals surface area contributed by atoms with Gasteiger partial charge in [0.15, 0.2) is 5.82 Å². The van der Waals surface area contributed by atoms with Gasteiger partial charge in [-0.3, -0.25) is 10.1 Å². The molecule has 0 saturated carbocycles. The molecule has 0 unspecified atom stereocenters. The summed E-state index contributed by atoms with van der Waals surface area (Å²) in [6, 6.07) is 4.78. The van der Waals surface area contributed by atoms with Crippen molar-refractivity contribution in [2.45, 2.75) is 6.54 Å². The number of benzene rings is 1. The molecule has 1 aliphatic rings. The highest BCUT2D eigenvalue weighted by Crippen LogP contribution is 2.38. The lowest BCUT2D eigenvalue weighted by Gasteiger charge is -2.05. The number of nitrogens with zero attached hydrogens (tertiary/aromatic N) is 4. The third-order valence-electron chi connectivity index (χ3n) is 2.63. The second kappa shape index (κ2) is 3.55. The molecule has 2 heterocycles. The third kappa shape index (κ3) is 1.43. The second-order valence-electron chi connectivity index (χ2n) is 3.61. The SMILES string of the molecule is O=[N+]([O-])c1cccc2c1OCCn1cnnc1-2. The molecule has 0 radical (unpaired) electrons. The molecule has 86 valence electrons. The molecule has 1 aromatic carbocycles. The number of hydrogen-bond donors (Lipinski definition) is 0. The summed E-state index contributed by atoms with van der Waals surface area (Å²) in [5, 5.41) is 18.7. The molecule has 2 aromatic rings. The van der Waals surface area contributed by atoms with E-state index in [0.717, 1.165) is 0 Å². The van der Waals surface area contributed by atoms with Gasteiger partial charge in [-0.15, -0.1) is 10.2 Å². The Kier molecular flexibility index (Phi) is 2.04. The van der Waals surface area contributed by atoms with E-state index < -0.39 is 4.92 Å². The Morgan fingerprint density at radius 2 is 2.35 bits per heavy atom. The summed E-state index contributed by atoms with van der Waals surface area (Å²) in [6.07, 6.45) is 1.59. The van der Waals surface area contributed by atoms with Crippen molar-refractivity contribution in [2.24, 2.45) is 0 Å². The van der Waals surface area contributed by atoms with Crippen LogP contribution >= 0.6 is 0 Å². The Morgan fingerprint density at radius 1 is 1.47 bits per heavy atom. The van der Waals surface area contributed by atoms with E-state index in [1.54, 1.807) is 18.5 Å². The second-order valence-corrected chi connectivity index (χ2v) is 3.61. The normalized spacial score (nSPS) is 13.2. The van der Waals surface area contributed by atoms with Crippen molar-refractivity contribution in [1.82, 2.24) is 14.8 Å². The Bertz CT molecular complexity index is 593. The van der Waals surface area contributed by atoms with Crippen LogP contribution in [0.3, 0.4) is 0 Å². The van der Waals surface area contributed by atoms with Gasteiger partial charge in [0, 0.05) is 6.07 Å². The Hall–Kier alpha value is -2.44. The van der Waals surface area contributed by atoms with Crippen LogP contribution in [0.5, 0.6) is 5.75 Å². The van der Waals surface area contributed by atoms with Crippen LogP contribution in [0.15, 0.2) is 24.5 Å². The first kappa shape index (κ1) is 9.76. The molecule has 0 spiro atoms. The molecular formula is C10H8N4O3. The van der Waals surface area contributed by atoms with Crippen molar-refractivity contribution in [1.29, 1.82) is 0 Å². The maximum Gasteiger partial charge on any atom is 0.311 e. The van der Waals surface area contributed by atoms with Crippen LogP contribution in [0.4, 0.5) is 5.69 Å². The maximum absolute atomic E-state index is 10.9. The fourth-order valence-corrected chi connectivity index (χ4v) is 1.87. The van der Waals surface area contributed by atoms with Gasteiger partial charge in [-0.05, 0) is 6.07 Å². The number of ether oxygens (including phenoxy) is 1. The van der Waals surface area contributed by atoms with E-state index in [1.165, 1.54) is 6.07 Å². The van der Waals surface area contributed by atoms with Crippen LogP contribution in [0, 0.1) is 10.1 Å². The zero-order valence-corrected chi connectivity index (χ0v) is 8.74. The first-order valence-corrected chi connectivity index (χ1v) is 5.06. The molecule has 0 amide bonds. The molecule has 0 fully saturated rings. The summed E-state index contributed by atoms with van der Waals surface area (Å²) in [6.45, 7) is 0.942. The van der Waals surface area contributed by atoms with Gasteiger partial charge in [0.1, 0.15) is 12.9 Å². The smallest absolute Gasteiger partial charge is 0.311 e. The number of rotatable bonds is 1. The predicted octanol–water partition coefficient (Wildman–Crippen LogP) is 1.25. The van der Waals surface area contributed by atoms with Gasteiger partial charge in [0.2, 0.25) is 5.75 Å². The minimum absolute atomic E-state index is 0.0426. The van der Waals surface area contributed by atoms with E-state index in [4.69, 9.17) is 4.74 Å². The minimum Gasteiger partial charge on any atom is -0.484 e. The van der Waals surface area contributed by atoms with E-state index >= 15 is 0 Å². The van der Waals surface area contributed by atoms with Crippen LogP contribution in [0.25, 0.3) is 11.4 Å². The maximum atomic E-state index is 10.9. The highest BCUT2D eigenvalue weighted by Gasteiger charge is 2.25. The van der Waals surface area contributed by atoms with Crippen LogP contribution in [0.1, 0.15) is 0 Å². The van der Waals surface area contributed by atoms with E-state index in [-0.39, 0.29) is 11.4 Å². The number of aromatic nitrogens is 3. The molecule has 0 atom stereocenters. The lowest BCUT2D eigenvalue weighted by Crippen LogP contribution is -2.05. The van der Waals surface area contributed by atoms with Gasteiger partial charge in [-0.2, -0.15) is 0 Å². The largest absolute Gasteiger partial charge is 0.484 e. The van der Waals surface area contributed by atoms with E-state index in [9.17, 15) is 10.1 Å². The molecule has 0 aliphatic carbocycles. The van der Waals surface area contributed by atoms with E-state index in [0.29, 0.717) is 24.5 Å². The topological polar surface area (TPSA) is 83.1 Å². The first-order chi connectivity index (χ1) is 8.27. The van der Waals surface area contributed by atoms with Gasteiger partial charge in [-0.1, -0.05) is 6.07 Å². The summed E-state index contributed by atoms with van der Waals surface area (Å²) in [5.74, 6) is 0.866. The number of hydrogen-bond acceptors (Lipinski definition) is 5. The fraction of sp³-hybridized carbons (Fsp3) is 0.200. The number of nitro benzene ring substituents is 1. The van der Waals surface area contributed by atoms with Crippen LogP contribution < -0.4 is 4.74 Å². The van der Waals surface area contributed by atoms with Gasteiger partial charge in [-0.25, -0.2) is 0 Å². The molecule has 0 bridgehead atoms. The monoisotopic (exact) mass is 232 g/mol. The molecule has 7 nitrogen and oxygen atoms in total. The summed E-state index contributed by atoms with van der Waals surface area (Å²) in [5.41, 5.74) is 0.563. The Labute approximate surface area is 95.8 Å². The first-order valence-electron chi connectivity index (χ1n) is 5.06. The van der Waals surface area contributed by atoms with Crippen LogP contribution in [-0.2, 0) is 6.54 Å². The van der Waals surface area contributed by atoms with Crippen molar-refractivity contribution in [3.8, 4) is 17.1 Å². The lowest BCUT2D eigenvalue weighted by molar-refractivity contribution is -0.385. The Balaban J connectivity index is 2.27. The fourth-order valence-electron chi connectivity index (χ4n) is 1.87. The minimum atomic E-state index is -0.454. The summed E-state index contributed by atoms with van der Waals surface area (Å²) in [4.78, 5) is 10.5. The molecule has 0 saturated heterocycles. The average molecular weight is 232 g/mol. The third-order valence-corrected chi connectivity index (χ3v) is 2.63. The van der Waals surface area contributed by atoms with Gasteiger partial charge in [0.05, 0.1) is 17.0 Å². The Morgan fingerprint density at radius 3 is 3.18 bits per heavy atom. The van der Waals surface area contributed by atoms with Crippen molar-refractivity contribution in [3.05, 3.63) is 34.6 Å². The van der Waals surface area contributed by atoms with E-state index in [2.05, 4.69) is 10.2 Å². The number of para-hydroxylation sites is 1. The zero-order valence-electron chi connectivity index (χ0n) is 8.74. The molecule has 1 aromatic heterocycles. The molecule has 3 rings (SSSR count). The van der Waals surface area contributed by atoms with Crippen molar-refractivity contribution in [2.75, 3.05) is 6.61 Å². The number of fused-ring (bicyclic) bond motifs is 3. The summed E-state index contributed by atoms with van der Waals surface area (Å²) >= 11 is 0. The van der Waals surface area contributed by atoms with Crippen LogP contribution in [0.2, 0.25) is 0 Å². The molecule has 7 heteroatoms. The molecule has 0 N–H and O–H groups in total. The quantitative estimate of drug-likeness (QED) is 0.545. The highest BCUT2D eigenvalue weighted by molar-refractivity contribution is 5.71. The lowest BCUT2D eigenvalue weighted by atomic mass is 10.1. The zero-order chi connectivity index (χ0) is 11.8. The number of nitro groups is 1. The predicted molar refractivity (Wildman–Crippen MR) is 57.6 cm³/mol. The molecular weight excluding hydrogens is 224 g/mol. The molecule has 17 heavy (non-hydrogen) atoms. The van der Waals surface area contributed by atoms with E-state index in [1.807, 2.05) is 4.57 Å². The summed E-state index contributed by atoms with van der Waals surface area (Å²) in [7, 11) is 0. The molecule has 1 aliphatic heterocycles. The van der Waals surface area contributed by atoms with Crippen molar-refractivity contribution < 1.29 is 9.66 Å². The standard InChI is InChI=1S/C10H8N4O3/c15-14(16)8-3-1-2-7-9(8)17-5-4-13-6-11-12-10(7)13/h1-3,6H,4-5H2. The van der Waals surface area contributed by atoms with Crippen molar-refractivity contribution >= 4 is 5.69 Å². The average Bonchev–Trinajstić information content (AvgIpc) is 2.70. The van der Waals surface area contributed by atoms with Crippen LogP contribution in [-0.4, -0.2) is 26.3 Å². The van der Waals surface area contributed by atoms with Crippen molar-refractivity contribution in [3.63, 3.8) is 0 Å². The summed E-state index contributed by atoms with van der Waals surface area (Å²) < 4.78 is 7.27. The van der Waals surface area contributed by atoms with Gasteiger partial charge >= 0.3 is 5.69 Å². The van der Waals surface area contributed by atoms with Gasteiger partial charge < -0.3 is 9.30 Å². The van der Waals surface area contributed by atoms with Gasteiger partial charge in [0.25, 0.3) is 0 Å². The highest BCUT2D eigenvalue weighted by atomic mass is 16.6.